The highest BCUT2D eigenvalue weighted by atomic mass is 16.5. The molecule has 0 saturated carbocycles. The van der Waals surface area contributed by atoms with E-state index in [1.807, 2.05) is 7.05 Å². The van der Waals surface area contributed by atoms with Gasteiger partial charge in [-0.15, -0.1) is 4.68 Å². The Labute approximate surface area is 110 Å². The van der Waals surface area contributed by atoms with Gasteiger partial charge >= 0.3 is 5.97 Å². The van der Waals surface area contributed by atoms with Crippen molar-refractivity contribution in [2.75, 3.05) is 7.11 Å². The summed E-state index contributed by atoms with van der Waals surface area (Å²) < 4.78 is 7.78. The van der Waals surface area contributed by atoms with Crippen molar-refractivity contribution in [2.45, 2.75) is 0 Å². The standard InChI is InChI=1S/C13H13N3O3/c1-15-7-8-16(9-15)14-12(17)10-3-5-11(6-4-10)13(18)19-2/h3-9H,1-2H3. The lowest BCUT2D eigenvalue weighted by molar-refractivity contribution is -0.671. The van der Waals surface area contributed by atoms with Crippen LogP contribution in [0.15, 0.2) is 48.1 Å². The van der Waals surface area contributed by atoms with Crippen molar-refractivity contribution in [3.8, 4) is 0 Å². The van der Waals surface area contributed by atoms with Crippen LogP contribution < -0.4 is 9.67 Å². The van der Waals surface area contributed by atoms with E-state index in [0.29, 0.717) is 11.1 Å². The Morgan fingerprint density at radius 2 is 1.95 bits per heavy atom. The van der Waals surface area contributed by atoms with Gasteiger partial charge in [0.2, 0.25) is 0 Å². The van der Waals surface area contributed by atoms with Gasteiger partial charge in [-0.3, -0.25) is 0 Å². The molecule has 1 aromatic heterocycles. The fourth-order valence-electron chi connectivity index (χ4n) is 1.53. The van der Waals surface area contributed by atoms with E-state index in [4.69, 9.17) is 0 Å². The van der Waals surface area contributed by atoms with Gasteiger partial charge in [-0.2, -0.15) is 0 Å². The van der Waals surface area contributed by atoms with Crippen LogP contribution >= 0.6 is 0 Å². The van der Waals surface area contributed by atoms with Crippen LogP contribution in [-0.2, 0) is 11.8 Å². The van der Waals surface area contributed by atoms with Crippen molar-refractivity contribution >= 4 is 11.9 Å². The van der Waals surface area contributed by atoms with E-state index in [1.165, 1.54) is 23.9 Å². The van der Waals surface area contributed by atoms with Crippen LogP contribution in [0.5, 0.6) is 0 Å². The van der Waals surface area contributed by atoms with Crippen molar-refractivity contribution in [3.63, 3.8) is 0 Å². The summed E-state index contributed by atoms with van der Waals surface area (Å²) in [4.78, 5) is 11.3. The highest BCUT2D eigenvalue weighted by Crippen LogP contribution is 2.05. The lowest BCUT2D eigenvalue weighted by Gasteiger charge is -2.08. The van der Waals surface area contributed by atoms with Gasteiger partial charge in [0.25, 0.3) is 6.33 Å². The molecule has 1 aromatic carbocycles. The first-order valence-electron chi connectivity index (χ1n) is 5.58. The second-order valence-electron chi connectivity index (χ2n) is 3.93. The second kappa shape index (κ2) is 5.34. The highest BCUT2D eigenvalue weighted by Gasteiger charge is 2.05. The Balaban J connectivity index is 2.22. The first-order chi connectivity index (χ1) is 9.10. The maximum Gasteiger partial charge on any atom is 0.337 e. The third kappa shape index (κ3) is 2.98. The van der Waals surface area contributed by atoms with Crippen LogP contribution in [0.1, 0.15) is 15.9 Å². The average molecular weight is 259 g/mol. The number of benzene rings is 1. The molecule has 0 N–H and O–H groups in total. The third-order valence-electron chi connectivity index (χ3n) is 2.51. The Morgan fingerprint density at radius 1 is 1.32 bits per heavy atom. The molecule has 1 heterocycles. The summed E-state index contributed by atoms with van der Waals surface area (Å²) in [5, 5.41) is 15.7. The average Bonchev–Trinajstić information content (AvgIpc) is 2.83. The summed E-state index contributed by atoms with van der Waals surface area (Å²) in [6.45, 7) is 0. The molecule has 0 amide bonds. The normalized spacial score (nSPS) is 11.4. The number of nitrogens with zero attached hydrogens (tertiary/aromatic N) is 3. The maximum absolute atomic E-state index is 11.9. The number of imidazole rings is 1. The number of carbonyl (C=O) groups is 1. The van der Waals surface area contributed by atoms with Crippen molar-refractivity contribution < 1.29 is 19.2 Å². The Hall–Kier alpha value is -2.63. The zero-order chi connectivity index (χ0) is 13.8. The molecule has 19 heavy (non-hydrogen) atoms. The minimum atomic E-state index is -0.437. The van der Waals surface area contributed by atoms with Gasteiger partial charge in [-0.05, 0) is 17.7 Å². The van der Waals surface area contributed by atoms with Gasteiger partial charge in [-0.1, -0.05) is 17.2 Å². The quantitative estimate of drug-likeness (QED) is 0.328. The topological polar surface area (TPSA) is 70.5 Å². The molecule has 6 nitrogen and oxygen atoms in total. The molecule has 0 bridgehead atoms. The number of hydrogen-bond acceptors (Lipinski definition) is 4. The van der Waals surface area contributed by atoms with Gasteiger partial charge in [0.05, 0.1) is 19.7 Å². The van der Waals surface area contributed by atoms with Gasteiger partial charge < -0.3 is 9.84 Å². The molecular formula is C13H13N3O3. The number of aromatic nitrogens is 2. The maximum atomic E-state index is 11.9. The molecule has 0 radical (unpaired) electrons. The summed E-state index contributed by atoms with van der Waals surface area (Å²) in [6.07, 6.45) is 5.11. The van der Waals surface area contributed by atoms with E-state index >= 15 is 0 Å². The third-order valence-corrected chi connectivity index (χ3v) is 2.51. The van der Waals surface area contributed by atoms with Crippen LogP contribution in [0.2, 0.25) is 0 Å². The first-order valence-corrected chi connectivity index (χ1v) is 5.58. The van der Waals surface area contributed by atoms with Crippen molar-refractivity contribution in [3.05, 3.63) is 54.1 Å². The fourth-order valence-corrected chi connectivity index (χ4v) is 1.53. The predicted molar refractivity (Wildman–Crippen MR) is 65.3 cm³/mol. The SMILES string of the molecule is COC(=O)c1ccc(/C([O-])=N/n2cc[n+](C)c2)cc1. The number of ether oxygens (including phenoxy) is 1. The Bertz CT molecular complexity index is 614. The van der Waals surface area contributed by atoms with E-state index < -0.39 is 5.97 Å². The zero-order valence-corrected chi connectivity index (χ0v) is 10.6. The zero-order valence-electron chi connectivity index (χ0n) is 10.6. The molecule has 98 valence electrons. The van der Waals surface area contributed by atoms with Gasteiger partial charge in [0.15, 0.2) is 6.20 Å². The molecule has 0 spiro atoms. The largest absolute Gasteiger partial charge is 0.856 e. The Kier molecular flexibility index (Phi) is 3.61. The number of rotatable bonds is 3. The first kappa shape index (κ1) is 12.8. The van der Waals surface area contributed by atoms with Crippen molar-refractivity contribution in [1.82, 2.24) is 4.68 Å². The number of aryl methyl sites for hydroxylation is 1. The summed E-state index contributed by atoms with van der Waals surface area (Å²) in [7, 11) is 3.14. The molecule has 0 aliphatic heterocycles. The van der Waals surface area contributed by atoms with Crippen molar-refractivity contribution in [2.24, 2.45) is 12.1 Å². The van der Waals surface area contributed by atoms with Gasteiger partial charge in [-0.25, -0.2) is 9.36 Å². The van der Waals surface area contributed by atoms with E-state index in [0.717, 1.165) is 0 Å². The smallest absolute Gasteiger partial charge is 0.337 e. The summed E-state index contributed by atoms with van der Waals surface area (Å²) in [5.74, 6) is -0.819. The van der Waals surface area contributed by atoms with E-state index in [-0.39, 0.29) is 5.90 Å². The molecular weight excluding hydrogens is 246 g/mol. The van der Waals surface area contributed by atoms with Gasteiger partial charge in [0, 0.05) is 5.90 Å². The molecule has 0 fully saturated rings. The fraction of sp³-hybridized carbons (Fsp3) is 0.154. The van der Waals surface area contributed by atoms with Crippen molar-refractivity contribution in [1.29, 1.82) is 0 Å². The van der Waals surface area contributed by atoms with E-state index in [2.05, 4.69) is 9.84 Å². The molecule has 0 aliphatic rings. The Morgan fingerprint density at radius 3 is 2.47 bits per heavy atom. The molecule has 0 unspecified atom stereocenters. The number of carbonyl (C=O) groups excluding carboxylic acids is 1. The molecule has 2 aromatic rings. The number of hydrogen-bond donors (Lipinski definition) is 0. The van der Waals surface area contributed by atoms with Gasteiger partial charge in [0.1, 0.15) is 6.20 Å². The van der Waals surface area contributed by atoms with Crippen LogP contribution in [0.3, 0.4) is 0 Å². The molecule has 0 aliphatic carbocycles. The number of methoxy groups -OCH3 is 1. The molecule has 0 saturated heterocycles. The molecule has 0 atom stereocenters. The molecule has 2 rings (SSSR count). The van der Waals surface area contributed by atoms with Crippen LogP contribution in [0.25, 0.3) is 0 Å². The lowest BCUT2D eigenvalue weighted by atomic mass is 10.1. The van der Waals surface area contributed by atoms with Crippen LogP contribution in [-0.4, -0.2) is 23.7 Å². The predicted octanol–water partition coefficient (Wildman–Crippen LogP) is -0.331. The molecule has 6 heteroatoms. The monoisotopic (exact) mass is 259 g/mol. The summed E-state index contributed by atoms with van der Waals surface area (Å²) in [5.41, 5.74) is 0.801. The van der Waals surface area contributed by atoms with E-state index in [9.17, 15) is 9.90 Å². The summed E-state index contributed by atoms with van der Waals surface area (Å²) in [6, 6.07) is 6.15. The van der Waals surface area contributed by atoms with E-state index in [1.54, 1.807) is 35.4 Å². The highest BCUT2D eigenvalue weighted by molar-refractivity contribution is 5.93. The number of esters is 1. The van der Waals surface area contributed by atoms with Crippen LogP contribution in [0, 0.1) is 0 Å². The summed E-state index contributed by atoms with van der Waals surface area (Å²) >= 11 is 0. The lowest BCUT2D eigenvalue weighted by Crippen LogP contribution is -2.24. The minimum absolute atomic E-state index is 0.382. The minimum Gasteiger partial charge on any atom is -0.856 e. The second-order valence-corrected chi connectivity index (χ2v) is 3.93. The van der Waals surface area contributed by atoms with Crippen LogP contribution in [0.4, 0.5) is 0 Å².